The Morgan fingerprint density at radius 3 is 2.52 bits per heavy atom. The number of H-pyrrole nitrogens is 1. The van der Waals surface area contributed by atoms with Crippen molar-refractivity contribution in [1.29, 1.82) is 0 Å². The van der Waals surface area contributed by atoms with Gasteiger partial charge >= 0.3 is 0 Å². The molecule has 2 aromatic carbocycles. The quantitative estimate of drug-likeness (QED) is 0.247. The molecule has 5 aromatic rings. The third-order valence-electron chi connectivity index (χ3n) is 5.93. The molecule has 0 bridgehead atoms. The lowest BCUT2D eigenvalue weighted by molar-refractivity contribution is 0.0991. The lowest BCUT2D eigenvalue weighted by Crippen LogP contribution is -2.11. The van der Waals surface area contributed by atoms with E-state index in [1.807, 2.05) is 72.9 Å². The fraction of sp³-hybridized carbons (Fsp3) is 0.154. The topological polar surface area (TPSA) is 76.5 Å². The van der Waals surface area contributed by atoms with Crippen LogP contribution in [0.25, 0.3) is 22.3 Å². The second-order valence-corrected chi connectivity index (χ2v) is 9.24. The maximum absolute atomic E-state index is 13.9. The molecule has 33 heavy (non-hydrogen) atoms. The number of thioether (sulfide) groups is 1. The normalized spacial score (nSPS) is 14.4. The maximum Gasteiger partial charge on any atom is 0.192 e. The summed E-state index contributed by atoms with van der Waals surface area (Å²) in [5, 5.41) is 10.3. The number of hydrogen-bond acceptors (Lipinski definition) is 5. The molecule has 3 aromatic heterocycles. The Hall–Kier alpha value is -3.71. The van der Waals surface area contributed by atoms with Gasteiger partial charge < -0.3 is 4.98 Å². The maximum atomic E-state index is 13.9. The van der Waals surface area contributed by atoms with Crippen LogP contribution in [0.4, 0.5) is 0 Å². The van der Waals surface area contributed by atoms with E-state index in [9.17, 15) is 4.79 Å². The zero-order chi connectivity index (χ0) is 22.2. The molecule has 1 unspecified atom stereocenters. The zero-order valence-electron chi connectivity index (χ0n) is 17.8. The molecular formula is C26H21N5OS. The van der Waals surface area contributed by atoms with Crippen LogP contribution in [0.2, 0.25) is 0 Å². The Morgan fingerprint density at radius 2 is 1.73 bits per heavy atom. The fourth-order valence-corrected chi connectivity index (χ4v) is 5.32. The van der Waals surface area contributed by atoms with Crippen LogP contribution in [0.15, 0.2) is 90.5 Å². The number of carbonyl (C=O) groups is 1. The van der Waals surface area contributed by atoms with Gasteiger partial charge in [0.1, 0.15) is 5.25 Å². The van der Waals surface area contributed by atoms with E-state index in [2.05, 4.69) is 24.7 Å². The second kappa shape index (κ2) is 8.33. The fourth-order valence-electron chi connectivity index (χ4n) is 4.14. The number of Topliss-reactive ketones (excluding diaryl/α,β-unsaturated/α-hetero) is 1. The van der Waals surface area contributed by atoms with E-state index in [1.54, 1.807) is 12.4 Å². The van der Waals surface area contributed by atoms with Gasteiger partial charge in [-0.3, -0.25) is 14.3 Å². The summed E-state index contributed by atoms with van der Waals surface area (Å²) in [5.41, 5.74) is 3.58. The second-order valence-electron chi connectivity index (χ2n) is 8.16. The molecule has 6 nitrogen and oxygen atoms in total. The molecule has 1 N–H and O–H groups in total. The number of rotatable bonds is 7. The minimum atomic E-state index is -0.433. The molecule has 0 spiro atoms. The van der Waals surface area contributed by atoms with E-state index in [-0.39, 0.29) is 5.78 Å². The molecule has 1 fully saturated rings. The highest BCUT2D eigenvalue weighted by atomic mass is 32.2. The SMILES string of the molecule is O=C(c1c[nH]c2ccccc12)C(Sc1nnc(-c2ccncc2)n1C1CC1)c1ccccc1. The van der Waals surface area contributed by atoms with Gasteiger partial charge in [-0.25, -0.2) is 0 Å². The predicted molar refractivity (Wildman–Crippen MR) is 129 cm³/mol. The lowest BCUT2D eigenvalue weighted by atomic mass is 10.0. The van der Waals surface area contributed by atoms with Crippen molar-refractivity contribution in [2.24, 2.45) is 0 Å². The lowest BCUT2D eigenvalue weighted by Gasteiger charge is -2.16. The van der Waals surface area contributed by atoms with Gasteiger partial charge in [0.15, 0.2) is 16.8 Å². The van der Waals surface area contributed by atoms with Crippen LogP contribution in [-0.2, 0) is 0 Å². The average molecular weight is 452 g/mol. The molecule has 0 radical (unpaired) electrons. The number of hydrogen-bond donors (Lipinski definition) is 1. The van der Waals surface area contributed by atoms with Crippen molar-refractivity contribution in [1.82, 2.24) is 24.7 Å². The number of fused-ring (bicyclic) bond motifs is 1. The summed E-state index contributed by atoms with van der Waals surface area (Å²) < 4.78 is 2.19. The Balaban J connectivity index is 1.42. The summed E-state index contributed by atoms with van der Waals surface area (Å²) in [5.74, 6) is 0.883. The summed E-state index contributed by atoms with van der Waals surface area (Å²) in [4.78, 5) is 21.2. The number of carbonyl (C=O) groups excluding carboxylic acids is 1. The van der Waals surface area contributed by atoms with E-state index < -0.39 is 5.25 Å². The van der Waals surface area contributed by atoms with Crippen LogP contribution in [0.1, 0.15) is 40.1 Å². The summed E-state index contributed by atoms with van der Waals surface area (Å²) in [6.45, 7) is 0. The first-order chi connectivity index (χ1) is 16.3. The van der Waals surface area contributed by atoms with E-state index >= 15 is 0 Å². The Kier molecular flexibility index (Phi) is 5.03. The first-order valence-corrected chi connectivity index (χ1v) is 11.8. The van der Waals surface area contributed by atoms with Crippen LogP contribution in [0.3, 0.4) is 0 Å². The van der Waals surface area contributed by atoms with Crippen molar-refractivity contribution in [2.75, 3.05) is 0 Å². The summed E-state index contributed by atoms with van der Waals surface area (Å²) in [6, 6.07) is 22.1. The molecule has 0 saturated heterocycles. The van der Waals surface area contributed by atoms with Crippen molar-refractivity contribution in [3.63, 3.8) is 0 Å². The van der Waals surface area contributed by atoms with Gasteiger partial charge in [-0.05, 0) is 36.6 Å². The van der Waals surface area contributed by atoms with E-state index in [1.165, 1.54) is 11.8 Å². The third kappa shape index (κ3) is 3.74. The molecular weight excluding hydrogens is 430 g/mol. The largest absolute Gasteiger partial charge is 0.360 e. The minimum absolute atomic E-state index is 0.0551. The standard InChI is InChI=1S/C26H21N5OS/c32-23(21-16-28-22-9-5-4-8-20(21)22)24(17-6-2-1-3-7-17)33-26-30-29-25(31(26)19-10-11-19)18-12-14-27-15-13-18/h1-9,12-16,19,24,28H,10-11H2. The number of aromatic amines is 1. The highest BCUT2D eigenvalue weighted by Crippen LogP contribution is 2.45. The van der Waals surface area contributed by atoms with Crippen molar-refractivity contribution in [3.05, 3.63) is 96.4 Å². The van der Waals surface area contributed by atoms with Crippen molar-refractivity contribution < 1.29 is 4.79 Å². The number of ketones is 1. The van der Waals surface area contributed by atoms with E-state index in [4.69, 9.17) is 0 Å². The van der Waals surface area contributed by atoms with Gasteiger partial charge in [0.05, 0.1) is 0 Å². The summed E-state index contributed by atoms with van der Waals surface area (Å²) in [7, 11) is 0. The zero-order valence-corrected chi connectivity index (χ0v) is 18.6. The van der Waals surface area contributed by atoms with Gasteiger partial charge in [0, 0.05) is 46.7 Å². The first kappa shape index (κ1) is 19.9. The van der Waals surface area contributed by atoms with Gasteiger partial charge in [0.25, 0.3) is 0 Å². The number of benzene rings is 2. The van der Waals surface area contributed by atoms with Crippen LogP contribution in [-0.4, -0.2) is 30.5 Å². The minimum Gasteiger partial charge on any atom is -0.360 e. The molecule has 1 aliphatic carbocycles. The van der Waals surface area contributed by atoms with Crippen molar-refractivity contribution in [2.45, 2.75) is 29.3 Å². The number of pyridine rings is 1. The van der Waals surface area contributed by atoms with E-state index in [0.717, 1.165) is 45.9 Å². The summed E-state index contributed by atoms with van der Waals surface area (Å²) in [6.07, 6.45) is 7.53. The predicted octanol–water partition coefficient (Wildman–Crippen LogP) is 5.87. The smallest absolute Gasteiger partial charge is 0.192 e. The average Bonchev–Trinajstić information content (AvgIpc) is 3.48. The monoisotopic (exact) mass is 451 g/mol. The van der Waals surface area contributed by atoms with Gasteiger partial charge in [0.2, 0.25) is 0 Å². The van der Waals surface area contributed by atoms with Gasteiger partial charge in [-0.1, -0.05) is 60.3 Å². The Bertz CT molecular complexity index is 1420. The Morgan fingerprint density at radius 1 is 0.970 bits per heavy atom. The van der Waals surface area contributed by atoms with Crippen LogP contribution in [0, 0.1) is 0 Å². The van der Waals surface area contributed by atoms with Gasteiger partial charge in [-0.2, -0.15) is 0 Å². The van der Waals surface area contributed by atoms with Crippen LogP contribution in [0.5, 0.6) is 0 Å². The van der Waals surface area contributed by atoms with Crippen molar-refractivity contribution in [3.8, 4) is 11.4 Å². The molecule has 7 heteroatoms. The molecule has 1 aliphatic rings. The number of aromatic nitrogens is 5. The molecule has 6 rings (SSSR count). The molecule has 1 saturated carbocycles. The molecule has 3 heterocycles. The number of para-hydroxylation sites is 1. The molecule has 162 valence electrons. The van der Waals surface area contributed by atoms with E-state index in [0.29, 0.717) is 11.6 Å². The van der Waals surface area contributed by atoms with Crippen molar-refractivity contribution >= 4 is 28.4 Å². The molecule has 1 atom stereocenters. The number of nitrogens with zero attached hydrogens (tertiary/aromatic N) is 4. The molecule has 0 aliphatic heterocycles. The highest BCUT2D eigenvalue weighted by molar-refractivity contribution is 8.00. The van der Waals surface area contributed by atoms with Crippen LogP contribution >= 0.6 is 11.8 Å². The Labute approximate surface area is 195 Å². The van der Waals surface area contributed by atoms with Crippen LogP contribution < -0.4 is 0 Å². The number of nitrogens with one attached hydrogen (secondary N) is 1. The van der Waals surface area contributed by atoms with Gasteiger partial charge in [-0.15, -0.1) is 10.2 Å². The molecule has 0 amide bonds. The highest BCUT2D eigenvalue weighted by Gasteiger charge is 2.33. The summed E-state index contributed by atoms with van der Waals surface area (Å²) >= 11 is 1.48. The third-order valence-corrected chi connectivity index (χ3v) is 7.14. The first-order valence-electron chi connectivity index (χ1n) is 11.0.